The number of fused-ring (bicyclic) bond motifs is 6. The topological polar surface area (TPSA) is 117 Å². The Bertz CT molecular complexity index is 2670. The van der Waals surface area contributed by atoms with Gasteiger partial charge in [-0.3, -0.25) is 0 Å². The lowest BCUT2D eigenvalue weighted by Gasteiger charge is -2.25. The molecular formula is C43H38O11P2. The second-order valence-electron chi connectivity index (χ2n) is 13.2. The summed E-state index contributed by atoms with van der Waals surface area (Å²) < 4.78 is 61.5. The molecule has 1 unspecified atom stereocenters. The number of carbonyl (C=O) groups is 1. The van der Waals surface area contributed by atoms with Crippen LogP contribution >= 0.6 is 16.8 Å². The van der Waals surface area contributed by atoms with Crippen LogP contribution in [0.15, 0.2) is 93.3 Å². The molecule has 0 aliphatic carbocycles. The van der Waals surface area contributed by atoms with Gasteiger partial charge in [0.15, 0.2) is 0 Å². The van der Waals surface area contributed by atoms with Crippen LogP contribution < -0.4 is 32.5 Å². The molecule has 2 heterocycles. The Morgan fingerprint density at radius 1 is 0.518 bits per heavy atom. The summed E-state index contributed by atoms with van der Waals surface area (Å²) in [7, 11) is 2.09. The van der Waals surface area contributed by atoms with Gasteiger partial charge in [-0.05, 0) is 115 Å². The van der Waals surface area contributed by atoms with E-state index in [1.54, 1.807) is 34.5 Å². The van der Waals surface area contributed by atoms with Crippen molar-refractivity contribution in [2.45, 2.75) is 27.7 Å². The maximum Gasteiger partial charge on any atom is 0.532 e. The van der Waals surface area contributed by atoms with Gasteiger partial charge in [0, 0.05) is 21.9 Å². The Morgan fingerprint density at radius 2 is 1.02 bits per heavy atom. The van der Waals surface area contributed by atoms with Crippen molar-refractivity contribution < 1.29 is 50.2 Å². The molecule has 11 nitrogen and oxygen atoms in total. The first kappa shape index (κ1) is 36.9. The third-order valence-electron chi connectivity index (χ3n) is 9.60. The normalized spacial score (nSPS) is 13.5. The van der Waals surface area contributed by atoms with Crippen LogP contribution in [0.2, 0.25) is 0 Å². The van der Waals surface area contributed by atoms with Gasteiger partial charge in [-0.1, -0.05) is 30.3 Å². The maximum atomic E-state index is 13.5. The SMILES string of the molecule is COc1cc(C)c(OP2OC(=O)c3c(ccc4ccccc34)O2)c(-c2cc(OC)cc(C)c2Op2oc3c(C)cc(OC)cc3c3cc(OC)cc(C)c3o2)c1. The van der Waals surface area contributed by atoms with Crippen LogP contribution in [0, 0.1) is 27.7 Å². The molecule has 0 radical (unpaired) electrons. The van der Waals surface area contributed by atoms with Gasteiger partial charge in [0.1, 0.15) is 57.0 Å². The van der Waals surface area contributed by atoms with Crippen LogP contribution in [0.1, 0.15) is 32.6 Å². The highest BCUT2D eigenvalue weighted by Gasteiger charge is 2.35. The van der Waals surface area contributed by atoms with Crippen LogP contribution in [0.5, 0.6) is 40.2 Å². The third kappa shape index (κ3) is 6.67. The van der Waals surface area contributed by atoms with Gasteiger partial charge in [-0.2, -0.15) is 0 Å². The Morgan fingerprint density at radius 3 is 1.57 bits per heavy atom. The molecule has 56 heavy (non-hydrogen) atoms. The fourth-order valence-electron chi connectivity index (χ4n) is 6.86. The summed E-state index contributed by atoms with van der Waals surface area (Å²) in [5.41, 5.74) is 5.77. The fraction of sp³-hybridized carbons (Fsp3) is 0.186. The zero-order valence-corrected chi connectivity index (χ0v) is 33.8. The monoisotopic (exact) mass is 792 g/mol. The minimum atomic E-state index is -2.22. The summed E-state index contributed by atoms with van der Waals surface area (Å²) in [6.45, 7) is 7.68. The third-order valence-corrected chi connectivity index (χ3v) is 11.6. The molecule has 0 spiro atoms. The predicted molar refractivity (Wildman–Crippen MR) is 217 cm³/mol. The Labute approximate surface area is 325 Å². The summed E-state index contributed by atoms with van der Waals surface area (Å²) in [4.78, 5) is 13.5. The lowest BCUT2D eigenvalue weighted by atomic mass is 9.98. The first-order valence-corrected chi connectivity index (χ1v) is 19.8. The minimum Gasteiger partial charge on any atom is -0.497 e. The van der Waals surface area contributed by atoms with Crippen molar-refractivity contribution in [2.24, 2.45) is 0 Å². The second kappa shape index (κ2) is 14.9. The van der Waals surface area contributed by atoms with Gasteiger partial charge in [-0.25, -0.2) is 4.79 Å². The molecule has 0 amide bonds. The van der Waals surface area contributed by atoms with Crippen molar-refractivity contribution in [1.82, 2.24) is 0 Å². The average molecular weight is 793 g/mol. The number of hydrogen-bond acceptors (Lipinski definition) is 11. The molecule has 0 saturated heterocycles. The van der Waals surface area contributed by atoms with Crippen molar-refractivity contribution in [3.63, 3.8) is 0 Å². The van der Waals surface area contributed by atoms with E-state index >= 15 is 0 Å². The van der Waals surface area contributed by atoms with Gasteiger partial charge < -0.3 is 45.4 Å². The lowest BCUT2D eigenvalue weighted by Crippen LogP contribution is -2.15. The smallest absolute Gasteiger partial charge is 0.497 e. The quantitative estimate of drug-likeness (QED) is 0.130. The van der Waals surface area contributed by atoms with Crippen molar-refractivity contribution in [3.8, 4) is 51.4 Å². The van der Waals surface area contributed by atoms with Gasteiger partial charge in [0.25, 0.3) is 0 Å². The summed E-state index contributed by atoms with van der Waals surface area (Å²) in [5.74, 6) is 3.16. The van der Waals surface area contributed by atoms with Crippen molar-refractivity contribution in [1.29, 1.82) is 0 Å². The molecule has 0 bridgehead atoms. The Hall–Kier alpha value is -6.02. The van der Waals surface area contributed by atoms with Crippen LogP contribution in [0.25, 0.3) is 43.8 Å². The number of aryl methyl sites for hydroxylation is 4. The standard InChI is InChI=1S/C43H38O11P2/c1-23-15-28(45-5)19-33(39(23)50-55-49-37-14-13-27-11-9-10-12-32(27)38(37)43(44)54-55)34-20-29(46-6)16-24(2)40(34)51-56-52-41-25(3)17-30(47-7)21-35(41)36-22-31(48-8)18-26(4)42(36)53-56/h9-22H,1-8H3. The fourth-order valence-corrected chi connectivity index (χ4v) is 9.19. The second-order valence-corrected chi connectivity index (χ2v) is 15.2. The van der Waals surface area contributed by atoms with Gasteiger partial charge in [0.05, 0.1) is 28.4 Å². The first-order chi connectivity index (χ1) is 27.1. The van der Waals surface area contributed by atoms with E-state index in [1.807, 2.05) is 107 Å². The molecule has 0 saturated carbocycles. The zero-order chi connectivity index (χ0) is 39.2. The molecule has 7 aromatic rings. The average Bonchev–Trinajstić information content (AvgIpc) is 3.36. The van der Waals surface area contributed by atoms with Crippen LogP contribution in [0.3, 0.4) is 0 Å². The number of benzene rings is 6. The van der Waals surface area contributed by atoms with Crippen molar-refractivity contribution in [3.05, 3.63) is 113 Å². The van der Waals surface area contributed by atoms with Crippen LogP contribution in [0.4, 0.5) is 0 Å². The van der Waals surface area contributed by atoms with E-state index < -0.39 is 22.8 Å². The number of rotatable bonds is 9. The van der Waals surface area contributed by atoms with E-state index in [0.717, 1.165) is 38.2 Å². The summed E-state index contributed by atoms with van der Waals surface area (Å²) in [5, 5.41) is 3.18. The van der Waals surface area contributed by atoms with Crippen LogP contribution in [-0.2, 0) is 4.52 Å². The number of ether oxygens (including phenoxy) is 4. The molecule has 1 aromatic heterocycles. The highest BCUT2D eigenvalue weighted by Crippen LogP contribution is 2.54. The number of methoxy groups -OCH3 is 4. The summed E-state index contributed by atoms with van der Waals surface area (Å²) in [6.07, 6.45) is 0. The highest BCUT2D eigenvalue weighted by molar-refractivity contribution is 7.43. The molecule has 1 atom stereocenters. The van der Waals surface area contributed by atoms with Gasteiger partial charge >= 0.3 is 22.8 Å². The molecule has 6 aromatic carbocycles. The zero-order valence-electron chi connectivity index (χ0n) is 32.0. The van der Waals surface area contributed by atoms with E-state index in [1.165, 1.54) is 0 Å². The molecule has 1 aliphatic heterocycles. The lowest BCUT2D eigenvalue weighted by molar-refractivity contribution is 0.0700. The Kier molecular flexibility index (Phi) is 9.83. The highest BCUT2D eigenvalue weighted by atomic mass is 31.2. The first-order valence-electron chi connectivity index (χ1n) is 17.6. The van der Waals surface area contributed by atoms with E-state index in [9.17, 15) is 4.79 Å². The molecule has 8 rings (SSSR count). The largest absolute Gasteiger partial charge is 0.532 e. The van der Waals surface area contributed by atoms with Crippen LogP contribution in [-0.4, -0.2) is 34.4 Å². The molecule has 0 fully saturated rings. The van der Waals surface area contributed by atoms with E-state index in [4.69, 9.17) is 45.4 Å². The molecule has 286 valence electrons. The van der Waals surface area contributed by atoms with Gasteiger partial charge in [-0.15, -0.1) is 0 Å². The van der Waals surface area contributed by atoms with E-state index in [-0.39, 0.29) is 0 Å². The van der Waals surface area contributed by atoms with E-state index in [2.05, 4.69) is 0 Å². The maximum absolute atomic E-state index is 13.5. The van der Waals surface area contributed by atoms with Crippen molar-refractivity contribution >= 4 is 55.5 Å². The molecule has 0 N–H and O–H groups in total. The van der Waals surface area contributed by atoms with E-state index in [0.29, 0.717) is 73.7 Å². The Balaban J connectivity index is 1.29. The van der Waals surface area contributed by atoms with Gasteiger partial charge in [0.2, 0.25) is 0 Å². The summed E-state index contributed by atoms with van der Waals surface area (Å²) >= 11 is 0. The molecule has 1 aliphatic rings. The van der Waals surface area contributed by atoms with Crippen molar-refractivity contribution in [2.75, 3.05) is 28.4 Å². The molecule has 13 heteroatoms. The molecular weight excluding hydrogens is 754 g/mol. The number of hydrogen-bond donors (Lipinski definition) is 0. The predicted octanol–water partition coefficient (Wildman–Crippen LogP) is 12.1. The number of carbonyl (C=O) groups excluding carboxylic acids is 1. The summed E-state index contributed by atoms with van der Waals surface area (Å²) in [6, 6.07) is 26.2. The minimum absolute atomic E-state index is 0.354.